The average Bonchev–Trinajstić information content (AvgIpc) is 2.58. The standard InChI is InChI=1S/C19H31N3O.HI/c1-5-6-10-15-22(4)19(20-3)21-14-11-16-23-17(2)18-12-8-7-9-13-18;/h5,7-9,12-13,17H,1,6,10-11,14-16H2,2-4H3,(H,20,21);1H. The Morgan fingerprint density at radius 1 is 1.33 bits per heavy atom. The van der Waals surface area contributed by atoms with Crippen LogP contribution >= 0.6 is 24.0 Å². The second kappa shape index (κ2) is 14.3. The highest BCUT2D eigenvalue weighted by atomic mass is 127. The molecule has 0 spiro atoms. The number of unbranched alkanes of at least 4 members (excludes halogenated alkanes) is 1. The molecule has 1 rings (SSSR count). The van der Waals surface area contributed by atoms with Crippen molar-refractivity contribution in [1.82, 2.24) is 10.2 Å². The normalized spacial score (nSPS) is 12.2. The minimum Gasteiger partial charge on any atom is -0.374 e. The van der Waals surface area contributed by atoms with Gasteiger partial charge in [0.2, 0.25) is 0 Å². The van der Waals surface area contributed by atoms with Crippen LogP contribution in [0.3, 0.4) is 0 Å². The van der Waals surface area contributed by atoms with E-state index in [0.717, 1.165) is 44.9 Å². The van der Waals surface area contributed by atoms with Crippen LogP contribution in [-0.2, 0) is 4.74 Å². The van der Waals surface area contributed by atoms with Crippen LogP contribution in [0, 0.1) is 0 Å². The molecule has 1 aromatic carbocycles. The molecule has 0 aliphatic heterocycles. The molecule has 0 bridgehead atoms. The van der Waals surface area contributed by atoms with Gasteiger partial charge in [-0.1, -0.05) is 36.4 Å². The summed E-state index contributed by atoms with van der Waals surface area (Å²) in [4.78, 5) is 6.46. The Balaban J connectivity index is 0.00000529. The van der Waals surface area contributed by atoms with E-state index in [4.69, 9.17) is 4.74 Å². The van der Waals surface area contributed by atoms with Crippen molar-refractivity contribution in [2.24, 2.45) is 4.99 Å². The number of hydrogen-bond acceptors (Lipinski definition) is 2. The van der Waals surface area contributed by atoms with Gasteiger partial charge in [0.1, 0.15) is 0 Å². The summed E-state index contributed by atoms with van der Waals surface area (Å²) in [5.41, 5.74) is 1.22. The quantitative estimate of drug-likeness (QED) is 0.192. The Bertz CT molecular complexity index is 465. The predicted molar refractivity (Wildman–Crippen MR) is 114 cm³/mol. The van der Waals surface area contributed by atoms with Gasteiger partial charge in [0, 0.05) is 33.8 Å². The fraction of sp³-hybridized carbons (Fsp3) is 0.526. The lowest BCUT2D eigenvalue weighted by Crippen LogP contribution is -2.40. The first-order valence-corrected chi connectivity index (χ1v) is 8.38. The Morgan fingerprint density at radius 3 is 2.67 bits per heavy atom. The van der Waals surface area contributed by atoms with E-state index in [9.17, 15) is 0 Å². The number of nitrogens with one attached hydrogen (secondary N) is 1. The van der Waals surface area contributed by atoms with E-state index in [1.165, 1.54) is 5.56 Å². The van der Waals surface area contributed by atoms with Gasteiger partial charge in [-0.3, -0.25) is 4.99 Å². The molecule has 1 aromatic rings. The van der Waals surface area contributed by atoms with E-state index >= 15 is 0 Å². The minimum absolute atomic E-state index is 0. The van der Waals surface area contributed by atoms with Crippen LogP contribution < -0.4 is 5.32 Å². The number of guanidine groups is 1. The summed E-state index contributed by atoms with van der Waals surface area (Å²) in [7, 11) is 3.88. The molecule has 1 unspecified atom stereocenters. The maximum atomic E-state index is 5.88. The summed E-state index contributed by atoms with van der Waals surface area (Å²) in [6.45, 7) is 8.42. The van der Waals surface area contributed by atoms with E-state index in [1.807, 2.05) is 31.3 Å². The van der Waals surface area contributed by atoms with Crippen molar-refractivity contribution in [2.45, 2.75) is 32.3 Å². The molecule has 136 valence electrons. The zero-order valence-corrected chi connectivity index (χ0v) is 17.5. The molecule has 0 amide bonds. The van der Waals surface area contributed by atoms with Gasteiger partial charge >= 0.3 is 0 Å². The number of halogens is 1. The Hall–Kier alpha value is -1.08. The largest absolute Gasteiger partial charge is 0.374 e. The van der Waals surface area contributed by atoms with E-state index in [-0.39, 0.29) is 30.1 Å². The Morgan fingerprint density at radius 2 is 2.04 bits per heavy atom. The maximum Gasteiger partial charge on any atom is 0.193 e. The SMILES string of the molecule is C=CCCCN(C)C(=NC)NCCCOC(C)c1ccccc1.I. The van der Waals surface area contributed by atoms with Gasteiger partial charge < -0.3 is 15.0 Å². The van der Waals surface area contributed by atoms with Crippen LogP contribution in [0.5, 0.6) is 0 Å². The first-order chi connectivity index (χ1) is 11.2. The highest BCUT2D eigenvalue weighted by Gasteiger charge is 2.06. The number of nitrogens with zero attached hydrogens (tertiary/aromatic N) is 2. The molecule has 5 heteroatoms. The van der Waals surface area contributed by atoms with E-state index in [0.29, 0.717) is 0 Å². The van der Waals surface area contributed by atoms with Crippen molar-refractivity contribution in [2.75, 3.05) is 33.8 Å². The number of rotatable bonds is 10. The molecule has 0 saturated heterocycles. The zero-order chi connectivity index (χ0) is 16.9. The monoisotopic (exact) mass is 445 g/mol. The number of allylic oxidation sites excluding steroid dienone is 1. The van der Waals surface area contributed by atoms with Crippen LogP contribution in [0.2, 0.25) is 0 Å². The first kappa shape index (κ1) is 22.9. The van der Waals surface area contributed by atoms with Crippen molar-refractivity contribution < 1.29 is 4.74 Å². The number of hydrogen-bond donors (Lipinski definition) is 1. The van der Waals surface area contributed by atoms with Gasteiger partial charge in [-0.15, -0.1) is 30.6 Å². The molecule has 0 saturated carbocycles. The zero-order valence-electron chi connectivity index (χ0n) is 15.2. The van der Waals surface area contributed by atoms with Gasteiger partial charge in [0.05, 0.1) is 6.10 Å². The van der Waals surface area contributed by atoms with E-state index < -0.39 is 0 Å². The van der Waals surface area contributed by atoms with Crippen molar-refractivity contribution in [3.63, 3.8) is 0 Å². The molecule has 0 heterocycles. The second-order valence-electron chi connectivity index (χ2n) is 5.60. The smallest absolute Gasteiger partial charge is 0.193 e. The molecule has 0 aromatic heterocycles. The fourth-order valence-corrected chi connectivity index (χ4v) is 2.32. The number of ether oxygens (including phenoxy) is 1. The van der Waals surface area contributed by atoms with Crippen LogP contribution in [0.25, 0.3) is 0 Å². The third kappa shape index (κ3) is 9.27. The summed E-state index contributed by atoms with van der Waals surface area (Å²) >= 11 is 0. The lowest BCUT2D eigenvalue weighted by molar-refractivity contribution is 0.0645. The van der Waals surface area contributed by atoms with Gasteiger partial charge in [0.25, 0.3) is 0 Å². The van der Waals surface area contributed by atoms with Crippen molar-refractivity contribution in [1.29, 1.82) is 0 Å². The highest BCUT2D eigenvalue weighted by Crippen LogP contribution is 2.15. The predicted octanol–water partition coefficient (Wildman–Crippen LogP) is 4.25. The van der Waals surface area contributed by atoms with Crippen molar-refractivity contribution in [3.8, 4) is 0 Å². The maximum absolute atomic E-state index is 5.88. The lowest BCUT2D eigenvalue weighted by atomic mass is 10.1. The van der Waals surface area contributed by atoms with Crippen molar-refractivity contribution >= 4 is 29.9 Å². The van der Waals surface area contributed by atoms with Gasteiger partial charge in [-0.05, 0) is 31.7 Å². The second-order valence-corrected chi connectivity index (χ2v) is 5.60. The van der Waals surface area contributed by atoms with Crippen LogP contribution in [0.4, 0.5) is 0 Å². The molecular weight excluding hydrogens is 413 g/mol. The molecule has 1 atom stereocenters. The minimum atomic E-state index is 0. The topological polar surface area (TPSA) is 36.9 Å². The highest BCUT2D eigenvalue weighted by molar-refractivity contribution is 14.0. The third-order valence-electron chi connectivity index (χ3n) is 3.72. The molecular formula is C19H32IN3O. The average molecular weight is 445 g/mol. The summed E-state index contributed by atoms with van der Waals surface area (Å²) in [5, 5.41) is 3.38. The van der Waals surface area contributed by atoms with Crippen LogP contribution in [0.15, 0.2) is 48.0 Å². The number of benzene rings is 1. The lowest BCUT2D eigenvalue weighted by Gasteiger charge is -2.22. The number of aliphatic imine (C=N–C) groups is 1. The first-order valence-electron chi connectivity index (χ1n) is 8.38. The third-order valence-corrected chi connectivity index (χ3v) is 3.72. The molecule has 0 aliphatic carbocycles. The van der Waals surface area contributed by atoms with Crippen LogP contribution in [-0.4, -0.2) is 44.7 Å². The molecule has 0 radical (unpaired) electrons. The summed E-state index contributed by atoms with van der Waals surface area (Å²) in [6, 6.07) is 10.3. The molecule has 0 fully saturated rings. The van der Waals surface area contributed by atoms with Crippen molar-refractivity contribution in [3.05, 3.63) is 48.6 Å². The molecule has 24 heavy (non-hydrogen) atoms. The van der Waals surface area contributed by atoms with Gasteiger partial charge in [-0.2, -0.15) is 0 Å². The van der Waals surface area contributed by atoms with E-state index in [1.54, 1.807) is 0 Å². The summed E-state index contributed by atoms with van der Waals surface area (Å²) in [6.07, 6.45) is 5.17. The van der Waals surface area contributed by atoms with E-state index in [2.05, 4.69) is 47.9 Å². The Labute approximate surface area is 164 Å². The summed E-state index contributed by atoms with van der Waals surface area (Å²) in [5.74, 6) is 0.935. The molecule has 4 nitrogen and oxygen atoms in total. The molecule has 1 N–H and O–H groups in total. The summed E-state index contributed by atoms with van der Waals surface area (Å²) < 4.78 is 5.88. The fourth-order valence-electron chi connectivity index (χ4n) is 2.32. The van der Waals surface area contributed by atoms with Crippen LogP contribution in [0.1, 0.15) is 37.9 Å². The van der Waals surface area contributed by atoms with Gasteiger partial charge in [-0.25, -0.2) is 0 Å². The van der Waals surface area contributed by atoms with Gasteiger partial charge in [0.15, 0.2) is 5.96 Å². The molecule has 0 aliphatic rings. The Kier molecular flexibility index (Phi) is 13.6.